The molecule has 0 radical (unpaired) electrons. The van der Waals surface area contributed by atoms with Crippen molar-refractivity contribution in [3.63, 3.8) is 0 Å². The van der Waals surface area contributed by atoms with Crippen LogP contribution in [0.4, 0.5) is 0 Å². The summed E-state index contributed by atoms with van der Waals surface area (Å²) < 4.78 is 17.2. The van der Waals surface area contributed by atoms with Gasteiger partial charge in [0.25, 0.3) is 0 Å². The second kappa shape index (κ2) is 6.39. The number of ether oxygens (including phenoxy) is 2. The number of nitrogens with one attached hydrogen (secondary N) is 1. The summed E-state index contributed by atoms with van der Waals surface area (Å²) in [6.45, 7) is 2.13. The molecule has 2 unspecified atom stereocenters. The van der Waals surface area contributed by atoms with Gasteiger partial charge in [-0.3, -0.25) is 0 Å². The smallest absolute Gasteiger partial charge is 0.134 e. The van der Waals surface area contributed by atoms with Gasteiger partial charge in [-0.2, -0.15) is 0 Å². The minimum Gasteiger partial charge on any atom is -0.459 e. The standard InChI is InChI=1S/C16H21NO3/c1-17-14(11-18-10-13-6-4-8-19-13)16-9-12-5-2-3-7-15(12)20-16/h2-3,5,7,9,13-14,17H,4,6,8,10-11H2,1H3. The van der Waals surface area contributed by atoms with E-state index in [-0.39, 0.29) is 12.1 Å². The van der Waals surface area contributed by atoms with Gasteiger partial charge in [0.1, 0.15) is 11.3 Å². The lowest BCUT2D eigenvalue weighted by Crippen LogP contribution is -2.24. The molecule has 1 aliphatic heterocycles. The van der Waals surface area contributed by atoms with Gasteiger partial charge >= 0.3 is 0 Å². The molecule has 3 rings (SSSR count). The van der Waals surface area contributed by atoms with Crippen LogP contribution < -0.4 is 5.32 Å². The van der Waals surface area contributed by atoms with Crippen LogP contribution in [0.25, 0.3) is 11.0 Å². The van der Waals surface area contributed by atoms with Crippen molar-refractivity contribution in [2.45, 2.75) is 25.0 Å². The molecule has 0 amide bonds. The SMILES string of the molecule is CNC(COCC1CCCO1)c1cc2ccccc2o1. The Morgan fingerprint density at radius 1 is 1.40 bits per heavy atom. The molecule has 1 aromatic carbocycles. The lowest BCUT2D eigenvalue weighted by Gasteiger charge is -2.16. The molecule has 4 heteroatoms. The maximum absolute atomic E-state index is 5.87. The zero-order valence-corrected chi connectivity index (χ0v) is 11.8. The fraction of sp³-hybridized carbons (Fsp3) is 0.500. The van der Waals surface area contributed by atoms with Crippen LogP contribution in [0.15, 0.2) is 34.7 Å². The molecule has 0 spiro atoms. The van der Waals surface area contributed by atoms with Gasteiger partial charge in [0.05, 0.1) is 25.4 Å². The lowest BCUT2D eigenvalue weighted by molar-refractivity contribution is 0.00901. The summed E-state index contributed by atoms with van der Waals surface area (Å²) >= 11 is 0. The fourth-order valence-electron chi connectivity index (χ4n) is 2.57. The first kappa shape index (κ1) is 13.6. The first-order chi connectivity index (χ1) is 9.86. The van der Waals surface area contributed by atoms with Crippen LogP contribution in [-0.2, 0) is 9.47 Å². The van der Waals surface area contributed by atoms with Crippen molar-refractivity contribution in [3.8, 4) is 0 Å². The van der Waals surface area contributed by atoms with Crippen molar-refractivity contribution < 1.29 is 13.9 Å². The van der Waals surface area contributed by atoms with E-state index in [2.05, 4.69) is 17.4 Å². The van der Waals surface area contributed by atoms with Gasteiger partial charge in [-0.1, -0.05) is 18.2 Å². The zero-order chi connectivity index (χ0) is 13.8. The van der Waals surface area contributed by atoms with Crippen LogP contribution in [0.3, 0.4) is 0 Å². The second-order valence-electron chi connectivity index (χ2n) is 5.20. The normalized spacial score (nSPS) is 20.6. The summed E-state index contributed by atoms with van der Waals surface area (Å²) in [4.78, 5) is 0. The molecular weight excluding hydrogens is 254 g/mol. The Kier molecular flexibility index (Phi) is 4.35. The Morgan fingerprint density at radius 2 is 2.30 bits per heavy atom. The minimum absolute atomic E-state index is 0.0730. The topological polar surface area (TPSA) is 43.6 Å². The van der Waals surface area contributed by atoms with Crippen molar-refractivity contribution in [1.82, 2.24) is 5.32 Å². The molecule has 20 heavy (non-hydrogen) atoms. The van der Waals surface area contributed by atoms with E-state index < -0.39 is 0 Å². The molecule has 108 valence electrons. The third-order valence-corrected chi connectivity index (χ3v) is 3.75. The predicted molar refractivity (Wildman–Crippen MR) is 77.8 cm³/mol. The monoisotopic (exact) mass is 275 g/mol. The van der Waals surface area contributed by atoms with Crippen molar-refractivity contribution in [2.75, 3.05) is 26.9 Å². The molecular formula is C16H21NO3. The number of furan rings is 1. The van der Waals surface area contributed by atoms with Crippen molar-refractivity contribution in [2.24, 2.45) is 0 Å². The number of likely N-dealkylation sites (N-methyl/N-ethyl adjacent to an activating group) is 1. The molecule has 4 nitrogen and oxygen atoms in total. The van der Waals surface area contributed by atoms with Crippen LogP contribution in [0, 0.1) is 0 Å². The maximum Gasteiger partial charge on any atom is 0.134 e. The molecule has 1 aromatic heterocycles. The minimum atomic E-state index is 0.0730. The highest BCUT2D eigenvalue weighted by Gasteiger charge is 2.18. The highest BCUT2D eigenvalue weighted by Crippen LogP contribution is 2.24. The average Bonchev–Trinajstić information content (AvgIpc) is 3.12. The Morgan fingerprint density at radius 3 is 3.05 bits per heavy atom. The largest absolute Gasteiger partial charge is 0.459 e. The van der Waals surface area contributed by atoms with Gasteiger partial charge in [0.2, 0.25) is 0 Å². The summed E-state index contributed by atoms with van der Waals surface area (Å²) in [7, 11) is 1.92. The van der Waals surface area contributed by atoms with Crippen LogP contribution in [0.1, 0.15) is 24.6 Å². The van der Waals surface area contributed by atoms with Crippen LogP contribution >= 0.6 is 0 Å². The Labute approximate surface area is 119 Å². The Bertz CT molecular complexity index is 512. The lowest BCUT2D eigenvalue weighted by atomic mass is 10.2. The number of para-hydroxylation sites is 1. The molecule has 2 aromatic rings. The molecule has 1 fully saturated rings. The molecule has 2 heterocycles. The van der Waals surface area contributed by atoms with Gasteiger partial charge in [0, 0.05) is 12.0 Å². The van der Waals surface area contributed by atoms with E-state index in [1.54, 1.807) is 0 Å². The van der Waals surface area contributed by atoms with Crippen molar-refractivity contribution in [3.05, 3.63) is 36.1 Å². The van der Waals surface area contributed by atoms with Gasteiger partial charge < -0.3 is 19.2 Å². The first-order valence-corrected chi connectivity index (χ1v) is 7.22. The molecule has 0 bridgehead atoms. The quantitative estimate of drug-likeness (QED) is 0.880. The summed E-state index contributed by atoms with van der Waals surface area (Å²) in [5, 5.41) is 4.37. The Balaban J connectivity index is 1.60. The zero-order valence-electron chi connectivity index (χ0n) is 11.8. The van der Waals surface area contributed by atoms with Gasteiger partial charge in [-0.25, -0.2) is 0 Å². The molecule has 2 atom stereocenters. The number of hydrogen-bond donors (Lipinski definition) is 1. The van der Waals surface area contributed by atoms with E-state index in [4.69, 9.17) is 13.9 Å². The van der Waals surface area contributed by atoms with Crippen LogP contribution in [-0.4, -0.2) is 33.0 Å². The van der Waals surface area contributed by atoms with E-state index in [9.17, 15) is 0 Å². The Hall–Kier alpha value is -1.36. The predicted octanol–water partition coefficient (Wildman–Crippen LogP) is 2.89. The number of benzene rings is 1. The number of fused-ring (bicyclic) bond motifs is 1. The maximum atomic E-state index is 5.87. The molecule has 1 N–H and O–H groups in total. The summed E-state index contributed by atoms with van der Waals surface area (Å²) in [6.07, 6.45) is 2.52. The summed E-state index contributed by atoms with van der Waals surface area (Å²) in [5.41, 5.74) is 0.918. The molecule has 1 aliphatic rings. The molecule has 0 saturated carbocycles. The summed E-state index contributed by atoms with van der Waals surface area (Å²) in [5.74, 6) is 0.918. The van der Waals surface area contributed by atoms with E-state index in [1.807, 2.05) is 25.2 Å². The molecule has 1 saturated heterocycles. The third kappa shape index (κ3) is 3.03. The first-order valence-electron chi connectivity index (χ1n) is 7.22. The highest BCUT2D eigenvalue weighted by atomic mass is 16.5. The molecule has 0 aliphatic carbocycles. The van der Waals surface area contributed by atoms with E-state index >= 15 is 0 Å². The van der Waals surface area contributed by atoms with Crippen LogP contribution in [0.5, 0.6) is 0 Å². The van der Waals surface area contributed by atoms with Crippen molar-refractivity contribution in [1.29, 1.82) is 0 Å². The highest BCUT2D eigenvalue weighted by molar-refractivity contribution is 5.77. The fourth-order valence-corrected chi connectivity index (χ4v) is 2.57. The third-order valence-electron chi connectivity index (χ3n) is 3.75. The number of rotatable bonds is 6. The van der Waals surface area contributed by atoms with Gasteiger partial charge in [-0.05, 0) is 32.0 Å². The average molecular weight is 275 g/mol. The number of hydrogen-bond acceptors (Lipinski definition) is 4. The van der Waals surface area contributed by atoms with E-state index in [0.29, 0.717) is 13.2 Å². The van der Waals surface area contributed by atoms with Crippen molar-refractivity contribution >= 4 is 11.0 Å². The van der Waals surface area contributed by atoms with Crippen LogP contribution in [0.2, 0.25) is 0 Å². The van der Waals surface area contributed by atoms with E-state index in [1.165, 1.54) is 0 Å². The van der Waals surface area contributed by atoms with E-state index in [0.717, 1.165) is 36.2 Å². The second-order valence-corrected chi connectivity index (χ2v) is 5.20. The van der Waals surface area contributed by atoms with Gasteiger partial charge in [-0.15, -0.1) is 0 Å². The van der Waals surface area contributed by atoms with Gasteiger partial charge in [0.15, 0.2) is 0 Å². The summed E-state index contributed by atoms with van der Waals surface area (Å²) in [6, 6.07) is 10.2.